The van der Waals surface area contributed by atoms with Crippen molar-refractivity contribution in [1.29, 1.82) is 0 Å². The van der Waals surface area contributed by atoms with E-state index in [1.807, 2.05) is 25.1 Å². The van der Waals surface area contributed by atoms with Gasteiger partial charge >= 0.3 is 0 Å². The zero-order valence-corrected chi connectivity index (χ0v) is 12.6. The first-order valence-electron chi connectivity index (χ1n) is 7.64. The first-order valence-corrected chi connectivity index (χ1v) is 7.64. The molecular formula is C16H20N4O2. The fourth-order valence-electron chi connectivity index (χ4n) is 2.81. The summed E-state index contributed by atoms with van der Waals surface area (Å²) >= 11 is 0. The summed E-state index contributed by atoms with van der Waals surface area (Å²) in [6.45, 7) is 3.14. The molecular weight excluding hydrogens is 280 g/mol. The van der Waals surface area contributed by atoms with Crippen molar-refractivity contribution in [2.24, 2.45) is 0 Å². The minimum atomic E-state index is -0.152. The highest BCUT2D eigenvalue weighted by molar-refractivity contribution is 5.82. The molecule has 1 amide bonds. The van der Waals surface area contributed by atoms with Gasteiger partial charge in [-0.25, -0.2) is 4.68 Å². The number of nitrogens with one attached hydrogen (secondary N) is 2. The number of hydrogen-bond donors (Lipinski definition) is 2. The molecule has 0 radical (unpaired) electrons. The smallest absolute Gasteiger partial charge is 0.274 e. The zero-order chi connectivity index (χ0) is 15.5. The number of benzene rings is 1. The van der Waals surface area contributed by atoms with E-state index in [-0.39, 0.29) is 23.6 Å². The molecule has 0 spiro atoms. The Hall–Kier alpha value is -2.21. The van der Waals surface area contributed by atoms with Crippen LogP contribution in [0.3, 0.4) is 0 Å². The molecule has 1 aliphatic rings. The van der Waals surface area contributed by atoms with Crippen LogP contribution in [-0.2, 0) is 11.3 Å². The number of hydrogen-bond acceptors (Lipinski definition) is 4. The topological polar surface area (TPSA) is 76.0 Å². The molecule has 6 nitrogen and oxygen atoms in total. The van der Waals surface area contributed by atoms with Crippen LogP contribution >= 0.6 is 0 Å². The second-order valence-electron chi connectivity index (χ2n) is 5.78. The highest BCUT2D eigenvalue weighted by Crippen LogP contribution is 2.07. The standard InChI is InChI=1S/C16H20N4O2/c1-11(19-15(21)14-7-4-8-17-14)10-20-16(22)13-6-3-2-5-12(13)9-18-20/h2-3,5-6,9,11,14,17H,4,7-8,10H2,1H3,(H,19,21)/t11-,14+/m1/s1. The second kappa shape index (κ2) is 6.27. The fraction of sp³-hybridized carbons (Fsp3) is 0.438. The minimum absolute atomic E-state index is 0.00108. The number of nitrogens with zero attached hydrogens (tertiary/aromatic N) is 2. The molecule has 22 heavy (non-hydrogen) atoms. The van der Waals surface area contributed by atoms with E-state index < -0.39 is 0 Å². The summed E-state index contributed by atoms with van der Waals surface area (Å²) in [6, 6.07) is 7.12. The van der Waals surface area contributed by atoms with Gasteiger partial charge in [0.25, 0.3) is 5.56 Å². The molecule has 0 aliphatic carbocycles. The van der Waals surface area contributed by atoms with Crippen molar-refractivity contribution in [3.05, 3.63) is 40.8 Å². The van der Waals surface area contributed by atoms with Crippen LogP contribution < -0.4 is 16.2 Å². The Bertz CT molecular complexity index is 734. The van der Waals surface area contributed by atoms with Crippen molar-refractivity contribution in [1.82, 2.24) is 20.4 Å². The van der Waals surface area contributed by atoms with E-state index in [0.717, 1.165) is 24.8 Å². The van der Waals surface area contributed by atoms with Gasteiger partial charge in [0, 0.05) is 11.4 Å². The Kier molecular flexibility index (Phi) is 4.20. The Morgan fingerprint density at radius 3 is 3.09 bits per heavy atom. The molecule has 6 heteroatoms. The van der Waals surface area contributed by atoms with Crippen LogP contribution in [0.5, 0.6) is 0 Å². The van der Waals surface area contributed by atoms with Crippen molar-refractivity contribution in [3.8, 4) is 0 Å². The molecule has 0 saturated carbocycles. The Labute approximate surface area is 128 Å². The average Bonchev–Trinajstić information content (AvgIpc) is 3.05. The van der Waals surface area contributed by atoms with E-state index in [0.29, 0.717) is 11.9 Å². The van der Waals surface area contributed by atoms with Gasteiger partial charge in [0.05, 0.1) is 24.2 Å². The van der Waals surface area contributed by atoms with Crippen LogP contribution in [-0.4, -0.2) is 34.3 Å². The van der Waals surface area contributed by atoms with E-state index in [1.165, 1.54) is 4.68 Å². The number of amides is 1. The molecule has 3 rings (SSSR count). The van der Waals surface area contributed by atoms with E-state index >= 15 is 0 Å². The fourth-order valence-corrected chi connectivity index (χ4v) is 2.81. The summed E-state index contributed by atoms with van der Waals surface area (Å²) in [7, 11) is 0. The van der Waals surface area contributed by atoms with E-state index in [2.05, 4.69) is 15.7 Å². The van der Waals surface area contributed by atoms with Crippen molar-refractivity contribution < 1.29 is 4.79 Å². The summed E-state index contributed by atoms with van der Waals surface area (Å²) in [5, 5.41) is 11.8. The molecule has 2 aromatic rings. The highest BCUT2D eigenvalue weighted by atomic mass is 16.2. The Balaban J connectivity index is 1.71. The maximum absolute atomic E-state index is 12.4. The number of aromatic nitrogens is 2. The van der Waals surface area contributed by atoms with Crippen molar-refractivity contribution in [2.45, 2.75) is 38.4 Å². The normalized spacial score (nSPS) is 19.2. The van der Waals surface area contributed by atoms with Gasteiger partial charge in [-0.3, -0.25) is 9.59 Å². The molecule has 116 valence electrons. The first kappa shape index (κ1) is 14.7. The third-order valence-corrected chi connectivity index (χ3v) is 3.97. The summed E-state index contributed by atoms with van der Waals surface area (Å²) in [5.41, 5.74) is -0.127. The molecule has 1 aromatic heterocycles. The maximum Gasteiger partial charge on any atom is 0.274 e. The average molecular weight is 300 g/mol. The van der Waals surface area contributed by atoms with Crippen LogP contribution in [0.25, 0.3) is 10.8 Å². The monoisotopic (exact) mass is 300 g/mol. The van der Waals surface area contributed by atoms with Crippen molar-refractivity contribution in [2.75, 3.05) is 6.54 Å². The molecule has 2 atom stereocenters. The molecule has 2 heterocycles. The number of carbonyl (C=O) groups is 1. The first-order chi connectivity index (χ1) is 10.6. The lowest BCUT2D eigenvalue weighted by Crippen LogP contribution is -2.46. The van der Waals surface area contributed by atoms with Crippen LogP contribution in [0, 0.1) is 0 Å². The predicted molar refractivity (Wildman–Crippen MR) is 84.6 cm³/mol. The lowest BCUT2D eigenvalue weighted by Gasteiger charge is -2.17. The van der Waals surface area contributed by atoms with Gasteiger partial charge in [-0.1, -0.05) is 18.2 Å². The van der Waals surface area contributed by atoms with E-state index in [9.17, 15) is 9.59 Å². The van der Waals surface area contributed by atoms with Gasteiger partial charge in [0.1, 0.15) is 0 Å². The summed E-state index contributed by atoms with van der Waals surface area (Å²) in [4.78, 5) is 24.4. The second-order valence-corrected chi connectivity index (χ2v) is 5.78. The highest BCUT2D eigenvalue weighted by Gasteiger charge is 2.23. The van der Waals surface area contributed by atoms with Gasteiger partial charge < -0.3 is 10.6 Å². The van der Waals surface area contributed by atoms with Crippen LogP contribution in [0.2, 0.25) is 0 Å². The number of fused-ring (bicyclic) bond motifs is 1. The summed E-state index contributed by atoms with van der Waals surface area (Å²) in [6.07, 6.45) is 3.58. The molecule has 0 unspecified atom stereocenters. The number of rotatable bonds is 4. The largest absolute Gasteiger partial charge is 0.350 e. The van der Waals surface area contributed by atoms with E-state index in [1.54, 1.807) is 12.3 Å². The van der Waals surface area contributed by atoms with Crippen LogP contribution in [0.4, 0.5) is 0 Å². The molecule has 1 aliphatic heterocycles. The molecule has 1 aromatic carbocycles. The Morgan fingerprint density at radius 1 is 1.50 bits per heavy atom. The van der Waals surface area contributed by atoms with Gasteiger partial charge in [-0.15, -0.1) is 0 Å². The third kappa shape index (κ3) is 3.01. The molecule has 1 fully saturated rings. The Morgan fingerprint density at radius 2 is 2.32 bits per heavy atom. The molecule has 0 bridgehead atoms. The van der Waals surface area contributed by atoms with Crippen LogP contribution in [0.1, 0.15) is 19.8 Å². The lowest BCUT2D eigenvalue weighted by atomic mass is 10.2. The quantitative estimate of drug-likeness (QED) is 0.869. The minimum Gasteiger partial charge on any atom is -0.350 e. The third-order valence-electron chi connectivity index (χ3n) is 3.97. The van der Waals surface area contributed by atoms with Gasteiger partial charge in [0.15, 0.2) is 0 Å². The molecule has 1 saturated heterocycles. The van der Waals surface area contributed by atoms with Crippen molar-refractivity contribution in [3.63, 3.8) is 0 Å². The maximum atomic E-state index is 12.4. The summed E-state index contributed by atoms with van der Waals surface area (Å²) in [5.74, 6) is -0.00108. The van der Waals surface area contributed by atoms with Gasteiger partial charge in [-0.2, -0.15) is 5.10 Å². The van der Waals surface area contributed by atoms with Gasteiger partial charge in [0.2, 0.25) is 5.91 Å². The van der Waals surface area contributed by atoms with Crippen molar-refractivity contribution >= 4 is 16.7 Å². The SMILES string of the molecule is C[C@H](Cn1ncc2ccccc2c1=O)NC(=O)[C@@H]1CCCN1. The summed E-state index contributed by atoms with van der Waals surface area (Å²) < 4.78 is 1.41. The lowest BCUT2D eigenvalue weighted by molar-refractivity contribution is -0.123. The zero-order valence-electron chi connectivity index (χ0n) is 12.6. The molecule has 2 N–H and O–H groups in total. The van der Waals surface area contributed by atoms with Gasteiger partial charge in [-0.05, 0) is 32.4 Å². The van der Waals surface area contributed by atoms with E-state index in [4.69, 9.17) is 0 Å². The number of carbonyl (C=O) groups excluding carboxylic acids is 1. The van der Waals surface area contributed by atoms with Crippen LogP contribution in [0.15, 0.2) is 35.3 Å². The predicted octanol–water partition coefficient (Wildman–Crippen LogP) is 0.653.